The molecule has 1 rings (SSSR count). The van der Waals surface area contributed by atoms with Crippen LogP contribution in [0.4, 0.5) is 13.2 Å². The molecule has 0 aromatic rings. The molecule has 1 fully saturated rings. The van der Waals surface area contributed by atoms with Gasteiger partial charge in [-0.2, -0.15) is 13.2 Å². The second-order valence-electron chi connectivity index (χ2n) is 5.06. The molecule has 2 nitrogen and oxygen atoms in total. The van der Waals surface area contributed by atoms with Crippen LogP contribution in [0.1, 0.15) is 39.5 Å². The standard InChI is InChI=1S/C12H23F3N2/c1-3-11(4-2)6-8-17(9-11)10(5-7-16)12(13,14)15/h10H,3-9,16H2,1-2H3. The van der Waals surface area contributed by atoms with Crippen molar-refractivity contribution < 1.29 is 13.2 Å². The number of nitrogens with two attached hydrogens (primary N) is 1. The molecule has 1 heterocycles. The molecule has 0 saturated carbocycles. The van der Waals surface area contributed by atoms with E-state index in [1.54, 1.807) is 4.90 Å². The second kappa shape index (κ2) is 5.57. The summed E-state index contributed by atoms with van der Waals surface area (Å²) in [5, 5.41) is 0. The summed E-state index contributed by atoms with van der Waals surface area (Å²) in [4.78, 5) is 1.58. The lowest BCUT2D eigenvalue weighted by Crippen LogP contribution is -2.46. The lowest BCUT2D eigenvalue weighted by atomic mass is 9.82. The lowest BCUT2D eigenvalue weighted by molar-refractivity contribution is -0.183. The van der Waals surface area contributed by atoms with E-state index in [2.05, 4.69) is 13.8 Å². The molecule has 0 aromatic heterocycles. The zero-order valence-electron chi connectivity index (χ0n) is 10.7. The van der Waals surface area contributed by atoms with Crippen molar-refractivity contribution in [3.63, 3.8) is 0 Å². The Morgan fingerprint density at radius 1 is 1.29 bits per heavy atom. The van der Waals surface area contributed by atoms with Crippen LogP contribution < -0.4 is 5.73 Å². The molecule has 0 bridgehead atoms. The van der Waals surface area contributed by atoms with Gasteiger partial charge in [-0.05, 0) is 44.2 Å². The molecule has 2 N–H and O–H groups in total. The maximum absolute atomic E-state index is 12.9. The smallest absolute Gasteiger partial charge is 0.330 e. The van der Waals surface area contributed by atoms with E-state index in [-0.39, 0.29) is 18.4 Å². The van der Waals surface area contributed by atoms with Crippen LogP contribution in [0.5, 0.6) is 0 Å². The van der Waals surface area contributed by atoms with Crippen molar-refractivity contribution in [1.82, 2.24) is 4.90 Å². The zero-order chi connectivity index (χ0) is 13.1. The Hall–Kier alpha value is -0.290. The Kier molecular flexibility index (Phi) is 4.84. The molecule has 1 aliphatic rings. The minimum absolute atomic E-state index is 0.00695. The number of alkyl halides is 3. The van der Waals surface area contributed by atoms with Gasteiger partial charge in [0.15, 0.2) is 0 Å². The molecule has 0 radical (unpaired) electrons. The highest BCUT2D eigenvalue weighted by Gasteiger charge is 2.47. The second-order valence-corrected chi connectivity index (χ2v) is 5.06. The van der Waals surface area contributed by atoms with Gasteiger partial charge in [-0.25, -0.2) is 0 Å². The van der Waals surface area contributed by atoms with E-state index >= 15 is 0 Å². The summed E-state index contributed by atoms with van der Waals surface area (Å²) in [6.45, 7) is 5.33. The van der Waals surface area contributed by atoms with Gasteiger partial charge in [0.1, 0.15) is 6.04 Å². The topological polar surface area (TPSA) is 29.3 Å². The third-order valence-corrected chi connectivity index (χ3v) is 4.23. The molecule has 1 aliphatic heterocycles. The fraction of sp³-hybridized carbons (Fsp3) is 1.00. The molecule has 0 spiro atoms. The highest BCUT2D eigenvalue weighted by Crippen LogP contribution is 2.40. The van der Waals surface area contributed by atoms with Gasteiger partial charge < -0.3 is 5.73 Å². The van der Waals surface area contributed by atoms with Crippen molar-refractivity contribution in [2.45, 2.75) is 51.7 Å². The minimum atomic E-state index is -4.16. The molecule has 1 unspecified atom stereocenters. The highest BCUT2D eigenvalue weighted by atomic mass is 19.4. The molecule has 1 atom stereocenters. The van der Waals surface area contributed by atoms with Gasteiger partial charge in [0.25, 0.3) is 0 Å². The number of rotatable bonds is 5. The van der Waals surface area contributed by atoms with Gasteiger partial charge in [0.05, 0.1) is 0 Å². The van der Waals surface area contributed by atoms with E-state index in [0.29, 0.717) is 13.1 Å². The van der Waals surface area contributed by atoms with Crippen molar-refractivity contribution in [1.29, 1.82) is 0 Å². The summed E-state index contributed by atoms with van der Waals surface area (Å²) in [5.41, 5.74) is 5.38. The molecular formula is C12H23F3N2. The summed E-state index contributed by atoms with van der Waals surface area (Å²) in [5.74, 6) is 0. The Balaban J connectivity index is 2.72. The number of likely N-dealkylation sites (tertiary alicyclic amines) is 1. The first-order chi connectivity index (χ1) is 7.88. The summed E-state index contributed by atoms with van der Waals surface area (Å²) in [7, 11) is 0. The summed E-state index contributed by atoms with van der Waals surface area (Å²) >= 11 is 0. The van der Waals surface area contributed by atoms with Crippen LogP contribution in [0.25, 0.3) is 0 Å². The molecular weight excluding hydrogens is 229 g/mol. The van der Waals surface area contributed by atoms with Crippen molar-refractivity contribution >= 4 is 0 Å². The molecule has 0 amide bonds. The van der Waals surface area contributed by atoms with Gasteiger partial charge in [0.2, 0.25) is 0 Å². The third-order valence-electron chi connectivity index (χ3n) is 4.23. The first kappa shape index (κ1) is 14.8. The molecule has 17 heavy (non-hydrogen) atoms. The van der Waals surface area contributed by atoms with Crippen molar-refractivity contribution in [2.75, 3.05) is 19.6 Å². The van der Waals surface area contributed by atoms with E-state index in [0.717, 1.165) is 19.3 Å². The third kappa shape index (κ3) is 3.35. The first-order valence-corrected chi connectivity index (χ1v) is 6.39. The van der Waals surface area contributed by atoms with Gasteiger partial charge in [0, 0.05) is 6.54 Å². The van der Waals surface area contributed by atoms with E-state index in [1.165, 1.54) is 0 Å². The highest BCUT2D eigenvalue weighted by molar-refractivity contribution is 4.92. The molecule has 102 valence electrons. The molecule has 5 heteroatoms. The van der Waals surface area contributed by atoms with E-state index in [1.807, 2.05) is 0 Å². The average Bonchev–Trinajstić information content (AvgIpc) is 2.69. The van der Waals surface area contributed by atoms with E-state index < -0.39 is 12.2 Å². The van der Waals surface area contributed by atoms with E-state index in [4.69, 9.17) is 5.73 Å². The Morgan fingerprint density at radius 2 is 1.88 bits per heavy atom. The monoisotopic (exact) mass is 252 g/mol. The Labute approximate surface area is 101 Å². The van der Waals surface area contributed by atoms with Crippen LogP contribution >= 0.6 is 0 Å². The fourth-order valence-electron chi connectivity index (χ4n) is 2.77. The van der Waals surface area contributed by atoms with Crippen LogP contribution in [0, 0.1) is 5.41 Å². The normalized spacial score (nSPS) is 22.9. The zero-order valence-corrected chi connectivity index (χ0v) is 10.7. The lowest BCUT2D eigenvalue weighted by Gasteiger charge is -2.32. The molecule has 0 aromatic carbocycles. The maximum atomic E-state index is 12.9. The van der Waals surface area contributed by atoms with Crippen LogP contribution in [0.2, 0.25) is 0 Å². The summed E-state index contributed by atoms with van der Waals surface area (Å²) in [6.07, 6.45) is -1.37. The minimum Gasteiger partial charge on any atom is -0.330 e. The van der Waals surface area contributed by atoms with E-state index in [9.17, 15) is 13.2 Å². The van der Waals surface area contributed by atoms with Crippen molar-refractivity contribution in [3.05, 3.63) is 0 Å². The van der Waals surface area contributed by atoms with Gasteiger partial charge in [-0.3, -0.25) is 4.90 Å². The summed E-state index contributed by atoms with van der Waals surface area (Å²) in [6, 6.07) is -1.35. The van der Waals surface area contributed by atoms with Crippen molar-refractivity contribution in [3.8, 4) is 0 Å². The van der Waals surface area contributed by atoms with Crippen molar-refractivity contribution in [2.24, 2.45) is 11.1 Å². The number of nitrogens with zero attached hydrogens (tertiary/aromatic N) is 1. The molecule has 0 aliphatic carbocycles. The van der Waals surface area contributed by atoms with Gasteiger partial charge in [-0.1, -0.05) is 13.8 Å². The largest absolute Gasteiger partial charge is 0.404 e. The average molecular weight is 252 g/mol. The van der Waals surface area contributed by atoms with Crippen LogP contribution in [0.15, 0.2) is 0 Å². The Bertz CT molecular complexity index is 236. The van der Waals surface area contributed by atoms with Gasteiger partial charge >= 0.3 is 6.18 Å². The Morgan fingerprint density at radius 3 is 2.24 bits per heavy atom. The predicted octanol–water partition coefficient (Wildman–Crippen LogP) is 2.78. The first-order valence-electron chi connectivity index (χ1n) is 6.39. The van der Waals surface area contributed by atoms with Crippen LogP contribution in [-0.2, 0) is 0 Å². The molecule has 1 saturated heterocycles. The number of hydrogen-bond acceptors (Lipinski definition) is 2. The predicted molar refractivity (Wildman–Crippen MR) is 62.7 cm³/mol. The maximum Gasteiger partial charge on any atom is 0.404 e. The fourth-order valence-corrected chi connectivity index (χ4v) is 2.77. The van der Waals surface area contributed by atoms with Crippen LogP contribution in [-0.4, -0.2) is 36.8 Å². The quantitative estimate of drug-likeness (QED) is 0.815. The SMILES string of the molecule is CCC1(CC)CCN(C(CCN)C(F)(F)F)C1. The van der Waals surface area contributed by atoms with Crippen LogP contribution in [0.3, 0.4) is 0 Å². The summed E-state index contributed by atoms with van der Waals surface area (Å²) < 4.78 is 38.8. The van der Waals surface area contributed by atoms with Gasteiger partial charge in [-0.15, -0.1) is 0 Å². The number of hydrogen-bond donors (Lipinski definition) is 1. The number of halogens is 3.